The predicted molar refractivity (Wildman–Crippen MR) is 85.4 cm³/mol. The van der Waals surface area contributed by atoms with Gasteiger partial charge in [0.25, 0.3) is 0 Å². The molecule has 0 bridgehead atoms. The molecule has 0 saturated heterocycles. The summed E-state index contributed by atoms with van der Waals surface area (Å²) in [5, 5.41) is 3.25. The van der Waals surface area contributed by atoms with Gasteiger partial charge in [-0.1, -0.05) is 6.92 Å². The zero-order valence-corrected chi connectivity index (χ0v) is 13.8. The summed E-state index contributed by atoms with van der Waals surface area (Å²) in [6.45, 7) is 11.1. The number of aromatic nitrogens is 1. The molecular formula is C16H29N3O. The molecule has 20 heavy (non-hydrogen) atoms. The Morgan fingerprint density at radius 2 is 2.10 bits per heavy atom. The fourth-order valence-electron chi connectivity index (χ4n) is 2.42. The van der Waals surface area contributed by atoms with Crippen LogP contribution in [0, 0.1) is 13.8 Å². The molecule has 4 nitrogen and oxygen atoms in total. The second kappa shape index (κ2) is 8.22. The number of nitrogens with zero attached hydrogens (tertiary/aromatic N) is 2. The second-order valence-electron chi connectivity index (χ2n) is 5.36. The van der Waals surface area contributed by atoms with Crippen LogP contribution in [-0.4, -0.2) is 38.3 Å². The van der Waals surface area contributed by atoms with E-state index < -0.39 is 0 Å². The highest BCUT2D eigenvalue weighted by atomic mass is 16.5. The Morgan fingerprint density at radius 1 is 1.40 bits per heavy atom. The minimum atomic E-state index is 0.453. The van der Waals surface area contributed by atoms with Crippen LogP contribution in [0.4, 0.5) is 5.82 Å². The Bertz CT molecular complexity index is 420. The van der Waals surface area contributed by atoms with Crippen LogP contribution in [0.5, 0.6) is 0 Å². The van der Waals surface area contributed by atoms with E-state index in [4.69, 9.17) is 9.72 Å². The van der Waals surface area contributed by atoms with Gasteiger partial charge < -0.3 is 15.0 Å². The number of anilines is 1. The zero-order chi connectivity index (χ0) is 15.1. The molecule has 1 aromatic rings. The van der Waals surface area contributed by atoms with Crippen LogP contribution in [0.3, 0.4) is 0 Å². The molecule has 0 fully saturated rings. The van der Waals surface area contributed by atoms with Crippen molar-refractivity contribution >= 4 is 5.82 Å². The van der Waals surface area contributed by atoms with Crippen molar-refractivity contribution in [3.05, 3.63) is 22.9 Å². The van der Waals surface area contributed by atoms with Crippen LogP contribution < -0.4 is 10.2 Å². The molecule has 114 valence electrons. The van der Waals surface area contributed by atoms with Gasteiger partial charge in [-0.3, -0.25) is 0 Å². The highest BCUT2D eigenvalue weighted by molar-refractivity contribution is 5.52. The molecule has 0 aromatic carbocycles. The minimum absolute atomic E-state index is 0.453. The molecule has 0 aliphatic carbocycles. The van der Waals surface area contributed by atoms with Gasteiger partial charge in [0, 0.05) is 37.5 Å². The van der Waals surface area contributed by atoms with Crippen LogP contribution in [0.25, 0.3) is 0 Å². The summed E-state index contributed by atoms with van der Waals surface area (Å²) in [5.74, 6) is 1.10. The van der Waals surface area contributed by atoms with Crippen molar-refractivity contribution in [2.24, 2.45) is 0 Å². The quantitative estimate of drug-likeness (QED) is 0.794. The monoisotopic (exact) mass is 279 g/mol. The van der Waals surface area contributed by atoms with E-state index >= 15 is 0 Å². The first-order chi connectivity index (χ1) is 9.54. The molecule has 0 amide bonds. The van der Waals surface area contributed by atoms with Crippen LogP contribution >= 0.6 is 0 Å². The average molecular weight is 279 g/mol. The van der Waals surface area contributed by atoms with E-state index in [1.165, 1.54) is 11.1 Å². The standard InChI is InChI=1S/C16H29N3O/c1-7-14(4)19(8-9-20-6)16-15(11-17-5)12(2)10-13(3)18-16/h10,14,17H,7-9,11H2,1-6H3. The molecule has 0 aliphatic heterocycles. The molecule has 1 unspecified atom stereocenters. The molecule has 0 spiro atoms. The van der Waals surface area contributed by atoms with Crippen LogP contribution in [-0.2, 0) is 11.3 Å². The largest absolute Gasteiger partial charge is 0.383 e. The average Bonchev–Trinajstić information content (AvgIpc) is 2.42. The Hall–Kier alpha value is -1.13. The van der Waals surface area contributed by atoms with Crippen molar-refractivity contribution in [3.8, 4) is 0 Å². The summed E-state index contributed by atoms with van der Waals surface area (Å²) in [5.41, 5.74) is 3.66. The fraction of sp³-hybridized carbons (Fsp3) is 0.688. The van der Waals surface area contributed by atoms with Gasteiger partial charge in [0.15, 0.2) is 0 Å². The summed E-state index contributed by atoms with van der Waals surface area (Å²) in [4.78, 5) is 7.18. The summed E-state index contributed by atoms with van der Waals surface area (Å²) >= 11 is 0. The highest BCUT2D eigenvalue weighted by Gasteiger charge is 2.19. The van der Waals surface area contributed by atoms with Crippen molar-refractivity contribution < 1.29 is 4.74 Å². The Labute approximate surface area is 123 Å². The molecule has 1 aromatic heterocycles. The third-order valence-electron chi connectivity index (χ3n) is 3.74. The number of pyridine rings is 1. The van der Waals surface area contributed by atoms with Crippen LogP contribution in [0.2, 0.25) is 0 Å². The van der Waals surface area contributed by atoms with Gasteiger partial charge in [-0.25, -0.2) is 4.98 Å². The number of nitrogens with one attached hydrogen (secondary N) is 1. The first kappa shape index (κ1) is 16.9. The van der Waals surface area contributed by atoms with E-state index in [1.54, 1.807) is 7.11 Å². The fourth-order valence-corrected chi connectivity index (χ4v) is 2.42. The number of ether oxygens (including phenoxy) is 1. The number of hydrogen-bond acceptors (Lipinski definition) is 4. The van der Waals surface area contributed by atoms with Gasteiger partial charge in [0.2, 0.25) is 0 Å². The third kappa shape index (κ3) is 4.18. The number of aryl methyl sites for hydroxylation is 2. The Balaban J connectivity index is 3.21. The molecule has 0 saturated carbocycles. The molecule has 0 aliphatic rings. The number of rotatable bonds is 8. The van der Waals surface area contributed by atoms with Gasteiger partial charge in [-0.15, -0.1) is 0 Å². The van der Waals surface area contributed by atoms with Gasteiger partial charge >= 0.3 is 0 Å². The van der Waals surface area contributed by atoms with Crippen molar-refractivity contribution in [3.63, 3.8) is 0 Å². The molecule has 1 rings (SSSR count). The zero-order valence-electron chi connectivity index (χ0n) is 13.8. The minimum Gasteiger partial charge on any atom is -0.383 e. The molecule has 1 atom stereocenters. The van der Waals surface area contributed by atoms with E-state index in [0.717, 1.165) is 37.6 Å². The lowest BCUT2D eigenvalue weighted by molar-refractivity contribution is 0.203. The first-order valence-corrected chi connectivity index (χ1v) is 7.42. The maximum atomic E-state index is 5.26. The maximum Gasteiger partial charge on any atom is 0.133 e. The van der Waals surface area contributed by atoms with E-state index in [-0.39, 0.29) is 0 Å². The number of hydrogen-bond donors (Lipinski definition) is 1. The van der Waals surface area contributed by atoms with Gasteiger partial charge in [0.1, 0.15) is 5.82 Å². The normalized spacial score (nSPS) is 12.5. The lowest BCUT2D eigenvalue weighted by atomic mass is 10.1. The predicted octanol–water partition coefficient (Wildman–Crippen LogP) is 2.67. The van der Waals surface area contributed by atoms with E-state index in [1.807, 2.05) is 7.05 Å². The molecular weight excluding hydrogens is 250 g/mol. The van der Waals surface area contributed by atoms with Crippen molar-refractivity contribution in [1.82, 2.24) is 10.3 Å². The third-order valence-corrected chi connectivity index (χ3v) is 3.74. The first-order valence-electron chi connectivity index (χ1n) is 7.42. The molecule has 1 N–H and O–H groups in total. The van der Waals surface area contributed by atoms with Crippen molar-refractivity contribution in [2.75, 3.05) is 32.2 Å². The summed E-state index contributed by atoms with van der Waals surface area (Å²) in [6.07, 6.45) is 1.09. The number of methoxy groups -OCH3 is 1. The van der Waals surface area contributed by atoms with Crippen molar-refractivity contribution in [1.29, 1.82) is 0 Å². The maximum absolute atomic E-state index is 5.26. The summed E-state index contributed by atoms with van der Waals surface area (Å²) in [6, 6.07) is 2.61. The Morgan fingerprint density at radius 3 is 2.65 bits per heavy atom. The Kier molecular flexibility index (Phi) is 6.96. The SMILES string of the molecule is CCC(C)N(CCOC)c1nc(C)cc(C)c1CNC. The molecule has 1 heterocycles. The summed E-state index contributed by atoms with van der Waals surface area (Å²) in [7, 11) is 3.73. The van der Waals surface area contributed by atoms with E-state index in [0.29, 0.717) is 6.04 Å². The van der Waals surface area contributed by atoms with Gasteiger partial charge in [0.05, 0.1) is 6.61 Å². The van der Waals surface area contributed by atoms with Crippen LogP contribution in [0.1, 0.15) is 37.1 Å². The van der Waals surface area contributed by atoms with Gasteiger partial charge in [-0.2, -0.15) is 0 Å². The van der Waals surface area contributed by atoms with Crippen LogP contribution in [0.15, 0.2) is 6.07 Å². The van der Waals surface area contributed by atoms with E-state index in [2.05, 4.69) is 44.0 Å². The van der Waals surface area contributed by atoms with Crippen molar-refractivity contribution in [2.45, 2.75) is 46.7 Å². The van der Waals surface area contributed by atoms with Gasteiger partial charge in [-0.05, 0) is 45.9 Å². The lowest BCUT2D eigenvalue weighted by Gasteiger charge is -2.32. The molecule has 4 heteroatoms. The van der Waals surface area contributed by atoms with E-state index in [9.17, 15) is 0 Å². The highest BCUT2D eigenvalue weighted by Crippen LogP contribution is 2.25. The smallest absolute Gasteiger partial charge is 0.133 e. The topological polar surface area (TPSA) is 37.4 Å². The second-order valence-corrected chi connectivity index (χ2v) is 5.36. The lowest BCUT2D eigenvalue weighted by Crippen LogP contribution is -2.37. The molecule has 0 radical (unpaired) electrons. The summed E-state index contributed by atoms with van der Waals surface area (Å²) < 4.78 is 5.26.